The van der Waals surface area contributed by atoms with Gasteiger partial charge in [0, 0.05) is 24.8 Å². The van der Waals surface area contributed by atoms with Gasteiger partial charge in [0.25, 0.3) is 0 Å². The van der Waals surface area contributed by atoms with Gasteiger partial charge in [-0.1, -0.05) is 12.2 Å². The summed E-state index contributed by atoms with van der Waals surface area (Å²) in [6.45, 7) is 7.84. The molecule has 4 nitrogen and oxygen atoms in total. The van der Waals surface area contributed by atoms with Gasteiger partial charge in [-0.3, -0.25) is 4.79 Å². The Bertz CT molecular complexity index is 454. The lowest BCUT2D eigenvalue weighted by Gasteiger charge is -2.11. The van der Waals surface area contributed by atoms with E-state index in [1.165, 1.54) is 6.92 Å². The maximum absolute atomic E-state index is 10.9. The van der Waals surface area contributed by atoms with E-state index in [9.17, 15) is 4.79 Å². The molecule has 0 bridgehead atoms. The molecule has 1 amide bonds. The van der Waals surface area contributed by atoms with Gasteiger partial charge < -0.3 is 16.0 Å². The predicted octanol–water partition coefficient (Wildman–Crippen LogP) is 2.51. The predicted molar refractivity (Wildman–Crippen MR) is 79.8 cm³/mol. The Morgan fingerprint density at radius 3 is 2.11 bits per heavy atom. The first kappa shape index (κ1) is 14.2. The third-order valence-corrected chi connectivity index (χ3v) is 2.26. The van der Waals surface area contributed by atoms with E-state index < -0.39 is 0 Å². The lowest BCUT2D eigenvalue weighted by atomic mass is 10.3. The van der Waals surface area contributed by atoms with Gasteiger partial charge in [-0.2, -0.15) is 0 Å². The van der Waals surface area contributed by atoms with Crippen LogP contribution >= 0.6 is 12.2 Å². The van der Waals surface area contributed by atoms with Crippen molar-refractivity contribution in [2.45, 2.75) is 13.8 Å². The van der Waals surface area contributed by atoms with E-state index in [0.29, 0.717) is 11.7 Å². The minimum Gasteiger partial charge on any atom is -0.359 e. The van der Waals surface area contributed by atoms with Crippen LogP contribution in [0.25, 0.3) is 0 Å². The molecule has 1 aromatic rings. The minimum absolute atomic E-state index is 0.0886. The SMILES string of the molecule is C=C(C)CNC(=S)Nc1ccc(NC(C)=O)cc1. The van der Waals surface area contributed by atoms with Crippen molar-refractivity contribution in [2.75, 3.05) is 17.2 Å². The fourth-order valence-electron chi connectivity index (χ4n) is 1.25. The monoisotopic (exact) mass is 263 g/mol. The fraction of sp³-hybridized carbons (Fsp3) is 0.231. The van der Waals surface area contributed by atoms with Gasteiger partial charge in [0.15, 0.2) is 5.11 Å². The number of thiocarbonyl (C=S) groups is 1. The molecule has 0 saturated heterocycles. The van der Waals surface area contributed by atoms with Gasteiger partial charge in [-0.15, -0.1) is 0 Å². The second-order valence-corrected chi connectivity index (χ2v) is 4.43. The van der Waals surface area contributed by atoms with Crippen LogP contribution < -0.4 is 16.0 Å². The maximum Gasteiger partial charge on any atom is 0.221 e. The molecule has 0 aromatic heterocycles. The Morgan fingerprint density at radius 1 is 1.17 bits per heavy atom. The van der Waals surface area contributed by atoms with Crippen molar-refractivity contribution < 1.29 is 4.79 Å². The highest BCUT2D eigenvalue weighted by atomic mass is 32.1. The van der Waals surface area contributed by atoms with Crippen LogP contribution in [-0.2, 0) is 4.79 Å². The van der Waals surface area contributed by atoms with Crippen molar-refractivity contribution in [3.63, 3.8) is 0 Å². The molecule has 0 fully saturated rings. The summed E-state index contributed by atoms with van der Waals surface area (Å²) in [6.07, 6.45) is 0. The number of hydrogen-bond donors (Lipinski definition) is 3. The third kappa shape index (κ3) is 5.45. The number of amides is 1. The Hall–Kier alpha value is -1.88. The third-order valence-electron chi connectivity index (χ3n) is 2.01. The molecule has 0 atom stereocenters. The summed E-state index contributed by atoms with van der Waals surface area (Å²) in [7, 11) is 0. The van der Waals surface area contributed by atoms with Crippen LogP contribution in [0.1, 0.15) is 13.8 Å². The molecule has 0 radical (unpaired) electrons. The van der Waals surface area contributed by atoms with Crippen LogP contribution in [0.3, 0.4) is 0 Å². The zero-order valence-electron chi connectivity index (χ0n) is 10.5. The first-order valence-corrected chi connectivity index (χ1v) is 5.95. The molecule has 0 aliphatic carbocycles. The van der Waals surface area contributed by atoms with Crippen molar-refractivity contribution in [3.8, 4) is 0 Å². The van der Waals surface area contributed by atoms with Gasteiger partial charge in [0.2, 0.25) is 5.91 Å². The molecule has 0 unspecified atom stereocenters. The van der Waals surface area contributed by atoms with Crippen molar-refractivity contribution >= 4 is 34.6 Å². The van der Waals surface area contributed by atoms with Crippen LogP contribution in [0.2, 0.25) is 0 Å². The summed E-state index contributed by atoms with van der Waals surface area (Å²) in [4.78, 5) is 10.9. The number of anilines is 2. The molecule has 96 valence electrons. The molecule has 18 heavy (non-hydrogen) atoms. The normalized spacial score (nSPS) is 9.44. The van der Waals surface area contributed by atoms with Crippen LogP contribution in [0, 0.1) is 0 Å². The molecule has 5 heteroatoms. The lowest BCUT2D eigenvalue weighted by molar-refractivity contribution is -0.114. The van der Waals surface area contributed by atoms with Crippen molar-refractivity contribution in [1.29, 1.82) is 0 Å². The van der Waals surface area contributed by atoms with Crippen LogP contribution in [0.15, 0.2) is 36.4 Å². The number of carbonyl (C=O) groups excluding carboxylic acids is 1. The maximum atomic E-state index is 10.9. The second kappa shape index (κ2) is 6.76. The first-order valence-electron chi connectivity index (χ1n) is 5.54. The summed E-state index contributed by atoms with van der Waals surface area (Å²) in [6, 6.07) is 7.32. The lowest BCUT2D eigenvalue weighted by Crippen LogP contribution is -2.29. The molecule has 0 aliphatic heterocycles. The Labute approximate surface area is 112 Å². The molecule has 3 N–H and O–H groups in total. The molecule has 1 aromatic carbocycles. The number of benzene rings is 1. The Balaban J connectivity index is 2.50. The molecule has 0 spiro atoms. The van der Waals surface area contributed by atoms with Crippen LogP contribution in [0.4, 0.5) is 11.4 Å². The summed E-state index contributed by atoms with van der Waals surface area (Å²) in [5, 5.41) is 9.32. The van der Waals surface area contributed by atoms with Crippen LogP contribution in [0.5, 0.6) is 0 Å². The second-order valence-electron chi connectivity index (χ2n) is 4.02. The molecule has 0 heterocycles. The molecule has 0 aliphatic rings. The topological polar surface area (TPSA) is 53.2 Å². The molecule has 1 rings (SSSR count). The number of carbonyl (C=O) groups is 1. The highest BCUT2D eigenvalue weighted by Gasteiger charge is 1.98. The fourth-order valence-corrected chi connectivity index (χ4v) is 1.44. The van der Waals surface area contributed by atoms with E-state index in [-0.39, 0.29) is 5.91 Å². The van der Waals surface area contributed by atoms with Gasteiger partial charge in [0.05, 0.1) is 0 Å². The standard InChI is InChI=1S/C13H17N3OS/c1-9(2)8-14-13(18)16-12-6-4-11(5-7-12)15-10(3)17/h4-7H,1,8H2,2-3H3,(H,15,17)(H2,14,16,18). The van der Waals surface area contributed by atoms with Gasteiger partial charge in [-0.05, 0) is 43.4 Å². The van der Waals surface area contributed by atoms with E-state index in [1.807, 2.05) is 31.2 Å². The number of hydrogen-bond acceptors (Lipinski definition) is 2. The Kier molecular flexibility index (Phi) is 5.32. The number of nitrogens with one attached hydrogen (secondary N) is 3. The van der Waals surface area contributed by atoms with Crippen LogP contribution in [-0.4, -0.2) is 17.6 Å². The van der Waals surface area contributed by atoms with E-state index in [2.05, 4.69) is 22.5 Å². The summed E-state index contributed by atoms with van der Waals surface area (Å²) in [5.74, 6) is -0.0886. The Morgan fingerprint density at radius 2 is 1.67 bits per heavy atom. The summed E-state index contributed by atoms with van der Waals surface area (Å²) >= 11 is 5.12. The van der Waals surface area contributed by atoms with E-state index in [1.54, 1.807) is 0 Å². The highest BCUT2D eigenvalue weighted by molar-refractivity contribution is 7.80. The molecular weight excluding hydrogens is 246 g/mol. The smallest absolute Gasteiger partial charge is 0.221 e. The van der Waals surface area contributed by atoms with Crippen molar-refractivity contribution in [2.24, 2.45) is 0 Å². The van der Waals surface area contributed by atoms with Gasteiger partial charge in [0.1, 0.15) is 0 Å². The average molecular weight is 263 g/mol. The quantitative estimate of drug-likeness (QED) is 0.577. The van der Waals surface area contributed by atoms with Crippen molar-refractivity contribution in [1.82, 2.24) is 5.32 Å². The molecule has 0 saturated carbocycles. The van der Waals surface area contributed by atoms with Gasteiger partial charge >= 0.3 is 0 Å². The van der Waals surface area contributed by atoms with Gasteiger partial charge in [-0.25, -0.2) is 0 Å². The molecular formula is C13H17N3OS. The van der Waals surface area contributed by atoms with E-state index >= 15 is 0 Å². The minimum atomic E-state index is -0.0886. The zero-order valence-corrected chi connectivity index (χ0v) is 11.4. The zero-order chi connectivity index (χ0) is 13.5. The summed E-state index contributed by atoms with van der Waals surface area (Å²) < 4.78 is 0. The average Bonchev–Trinajstić information content (AvgIpc) is 2.28. The summed E-state index contributed by atoms with van der Waals surface area (Å²) in [5.41, 5.74) is 2.64. The number of rotatable bonds is 4. The highest BCUT2D eigenvalue weighted by Crippen LogP contribution is 2.13. The van der Waals surface area contributed by atoms with E-state index in [0.717, 1.165) is 16.9 Å². The first-order chi connectivity index (χ1) is 8.47. The largest absolute Gasteiger partial charge is 0.359 e. The van der Waals surface area contributed by atoms with Crippen molar-refractivity contribution in [3.05, 3.63) is 36.4 Å². The van der Waals surface area contributed by atoms with E-state index in [4.69, 9.17) is 12.2 Å².